The monoisotopic (exact) mass is 402 g/mol. The molecule has 0 atom stereocenters. The van der Waals surface area contributed by atoms with E-state index in [-0.39, 0.29) is 12.1 Å². The van der Waals surface area contributed by atoms with Gasteiger partial charge in [0.2, 0.25) is 5.91 Å². The quantitative estimate of drug-likeness (QED) is 0.514. The lowest BCUT2D eigenvalue weighted by molar-refractivity contribution is -0.122. The predicted molar refractivity (Wildman–Crippen MR) is 111 cm³/mol. The number of nitrogens with zero attached hydrogens (tertiary/aromatic N) is 2. The van der Waals surface area contributed by atoms with Gasteiger partial charge in [0.1, 0.15) is 12.1 Å². The maximum Gasteiger partial charge on any atom is 0.335 e. The van der Waals surface area contributed by atoms with Crippen LogP contribution in [0.25, 0.3) is 17.0 Å². The molecule has 3 aromatic rings. The van der Waals surface area contributed by atoms with E-state index in [9.17, 15) is 19.2 Å². The Morgan fingerprint density at radius 2 is 1.77 bits per heavy atom. The van der Waals surface area contributed by atoms with Crippen molar-refractivity contribution in [3.63, 3.8) is 0 Å². The fraction of sp³-hybridized carbons (Fsp3) is 0.0909. The molecule has 30 heavy (non-hydrogen) atoms. The van der Waals surface area contributed by atoms with Crippen LogP contribution in [-0.4, -0.2) is 28.3 Å². The van der Waals surface area contributed by atoms with Crippen LogP contribution in [0.4, 0.5) is 10.5 Å². The number of carbonyl (C=O) groups excluding carboxylic acids is 4. The van der Waals surface area contributed by atoms with Gasteiger partial charge in [0.15, 0.2) is 0 Å². The fourth-order valence-electron chi connectivity index (χ4n) is 3.43. The van der Waals surface area contributed by atoms with Gasteiger partial charge in [-0.3, -0.25) is 19.7 Å². The van der Waals surface area contributed by atoms with E-state index >= 15 is 0 Å². The summed E-state index contributed by atoms with van der Waals surface area (Å²) in [6.45, 7) is 1.84. The van der Waals surface area contributed by atoms with Crippen molar-refractivity contribution in [2.45, 2.75) is 13.5 Å². The molecule has 8 heteroatoms. The van der Waals surface area contributed by atoms with E-state index in [4.69, 9.17) is 5.73 Å². The molecule has 0 unspecified atom stereocenters. The molecule has 8 nitrogen and oxygen atoms in total. The SMILES string of the molecule is Cc1ccc(N2C(=O)NC(=O)/C(=C/c3cn(CC(N)=O)c4ccccc34)C2=O)cc1. The van der Waals surface area contributed by atoms with Crippen LogP contribution in [-0.2, 0) is 20.9 Å². The van der Waals surface area contributed by atoms with Crippen molar-refractivity contribution >= 4 is 46.4 Å². The number of aromatic nitrogens is 1. The summed E-state index contributed by atoms with van der Waals surface area (Å²) in [7, 11) is 0. The highest BCUT2D eigenvalue weighted by atomic mass is 16.2. The third kappa shape index (κ3) is 3.35. The maximum absolute atomic E-state index is 13.1. The summed E-state index contributed by atoms with van der Waals surface area (Å²) >= 11 is 0. The average molecular weight is 402 g/mol. The lowest BCUT2D eigenvalue weighted by Crippen LogP contribution is -2.54. The number of hydrogen-bond acceptors (Lipinski definition) is 4. The van der Waals surface area contributed by atoms with E-state index in [1.165, 1.54) is 6.08 Å². The molecular weight excluding hydrogens is 384 g/mol. The number of aryl methyl sites for hydroxylation is 1. The second-order valence-corrected chi connectivity index (χ2v) is 6.99. The van der Waals surface area contributed by atoms with Crippen LogP contribution in [0.1, 0.15) is 11.1 Å². The number of primary amides is 1. The lowest BCUT2D eigenvalue weighted by Gasteiger charge is -2.26. The van der Waals surface area contributed by atoms with Crippen molar-refractivity contribution in [3.05, 3.63) is 71.4 Å². The summed E-state index contributed by atoms with van der Waals surface area (Å²) in [5, 5.41) is 2.95. The van der Waals surface area contributed by atoms with E-state index < -0.39 is 23.8 Å². The third-order valence-corrected chi connectivity index (χ3v) is 4.84. The topological polar surface area (TPSA) is 114 Å². The van der Waals surface area contributed by atoms with E-state index in [0.29, 0.717) is 11.3 Å². The van der Waals surface area contributed by atoms with Gasteiger partial charge in [0.05, 0.1) is 5.69 Å². The summed E-state index contributed by atoms with van der Waals surface area (Å²) in [5.41, 5.74) is 7.76. The first-order valence-corrected chi connectivity index (χ1v) is 9.19. The Labute approximate surface area is 171 Å². The van der Waals surface area contributed by atoms with Gasteiger partial charge in [-0.2, -0.15) is 0 Å². The fourth-order valence-corrected chi connectivity index (χ4v) is 3.43. The van der Waals surface area contributed by atoms with Gasteiger partial charge < -0.3 is 10.3 Å². The number of hydrogen-bond donors (Lipinski definition) is 2. The number of anilines is 1. The second-order valence-electron chi connectivity index (χ2n) is 6.99. The van der Waals surface area contributed by atoms with Gasteiger partial charge in [0, 0.05) is 22.7 Å². The van der Waals surface area contributed by atoms with Crippen molar-refractivity contribution in [2.75, 3.05) is 4.90 Å². The van der Waals surface area contributed by atoms with Gasteiger partial charge in [-0.05, 0) is 31.2 Å². The second kappa shape index (κ2) is 7.32. The number of nitrogens with two attached hydrogens (primary N) is 1. The standard InChI is InChI=1S/C22H18N4O4/c1-13-6-8-15(9-7-13)26-21(29)17(20(28)24-22(26)30)10-14-11-25(12-19(23)27)18-5-3-2-4-16(14)18/h2-11H,12H2,1H3,(H2,23,27)(H,24,28,30)/b17-10-. The number of carbonyl (C=O) groups is 4. The predicted octanol–water partition coefficient (Wildman–Crippen LogP) is 2.10. The molecule has 1 fully saturated rings. The van der Waals surface area contributed by atoms with Crippen LogP contribution in [0.3, 0.4) is 0 Å². The normalized spacial score (nSPS) is 15.7. The molecule has 2 heterocycles. The summed E-state index contributed by atoms with van der Waals surface area (Å²) in [5.74, 6) is -2.02. The van der Waals surface area contributed by atoms with E-state index in [2.05, 4.69) is 5.32 Å². The van der Waals surface area contributed by atoms with Crippen LogP contribution in [0, 0.1) is 6.92 Å². The molecule has 1 aromatic heterocycles. The number of barbiturate groups is 1. The van der Waals surface area contributed by atoms with Gasteiger partial charge >= 0.3 is 6.03 Å². The highest BCUT2D eigenvalue weighted by Gasteiger charge is 2.36. The number of rotatable bonds is 4. The van der Waals surface area contributed by atoms with Crippen LogP contribution in [0.5, 0.6) is 0 Å². The molecule has 0 bridgehead atoms. The van der Waals surface area contributed by atoms with Gasteiger partial charge in [-0.25, -0.2) is 9.69 Å². The van der Waals surface area contributed by atoms with Crippen molar-refractivity contribution < 1.29 is 19.2 Å². The first-order chi connectivity index (χ1) is 14.3. The van der Waals surface area contributed by atoms with Gasteiger partial charge in [0.25, 0.3) is 11.8 Å². The minimum absolute atomic E-state index is 0.0438. The minimum Gasteiger partial charge on any atom is -0.368 e. The highest BCUT2D eigenvalue weighted by molar-refractivity contribution is 6.39. The number of para-hydroxylation sites is 1. The Morgan fingerprint density at radius 1 is 1.07 bits per heavy atom. The summed E-state index contributed by atoms with van der Waals surface area (Å²) in [4.78, 5) is 50.1. The summed E-state index contributed by atoms with van der Waals surface area (Å²) in [6.07, 6.45) is 3.07. The molecular formula is C22H18N4O4. The molecule has 0 aliphatic carbocycles. The van der Waals surface area contributed by atoms with E-state index in [0.717, 1.165) is 21.4 Å². The molecule has 1 saturated heterocycles. The zero-order chi connectivity index (χ0) is 21.4. The molecule has 2 aromatic carbocycles. The highest BCUT2D eigenvalue weighted by Crippen LogP contribution is 2.26. The number of benzene rings is 2. The third-order valence-electron chi connectivity index (χ3n) is 4.84. The number of amides is 5. The molecule has 0 radical (unpaired) electrons. The Balaban J connectivity index is 1.80. The Morgan fingerprint density at radius 3 is 2.47 bits per heavy atom. The average Bonchev–Trinajstić information content (AvgIpc) is 3.03. The van der Waals surface area contributed by atoms with Crippen molar-refractivity contribution in [1.82, 2.24) is 9.88 Å². The first-order valence-electron chi connectivity index (χ1n) is 9.19. The number of urea groups is 1. The smallest absolute Gasteiger partial charge is 0.335 e. The van der Waals surface area contributed by atoms with Gasteiger partial charge in [-0.15, -0.1) is 0 Å². The molecule has 0 spiro atoms. The summed E-state index contributed by atoms with van der Waals surface area (Å²) in [6, 6.07) is 13.3. The molecule has 3 N–H and O–H groups in total. The molecule has 4 rings (SSSR count). The molecule has 1 aliphatic heterocycles. The van der Waals surface area contributed by atoms with Crippen molar-refractivity contribution in [1.29, 1.82) is 0 Å². The number of imide groups is 2. The number of nitrogens with one attached hydrogen (secondary N) is 1. The molecule has 0 saturated carbocycles. The van der Waals surface area contributed by atoms with E-state index in [1.807, 2.05) is 31.2 Å². The first kappa shape index (κ1) is 19.1. The molecule has 1 aliphatic rings. The largest absolute Gasteiger partial charge is 0.368 e. The zero-order valence-electron chi connectivity index (χ0n) is 16.1. The molecule has 5 amide bonds. The van der Waals surface area contributed by atoms with Crippen molar-refractivity contribution in [3.8, 4) is 0 Å². The Hall–Kier alpha value is -4.20. The maximum atomic E-state index is 13.1. The van der Waals surface area contributed by atoms with Crippen LogP contribution >= 0.6 is 0 Å². The van der Waals surface area contributed by atoms with Crippen LogP contribution < -0.4 is 16.0 Å². The molecule has 150 valence electrons. The summed E-state index contributed by atoms with van der Waals surface area (Å²) < 4.78 is 1.65. The van der Waals surface area contributed by atoms with Gasteiger partial charge in [-0.1, -0.05) is 35.9 Å². The van der Waals surface area contributed by atoms with Crippen molar-refractivity contribution in [2.24, 2.45) is 5.73 Å². The van der Waals surface area contributed by atoms with E-state index in [1.54, 1.807) is 35.0 Å². The van der Waals surface area contributed by atoms with Crippen LogP contribution in [0.2, 0.25) is 0 Å². The Kier molecular flexibility index (Phi) is 4.67. The van der Waals surface area contributed by atoms with Crippen LogP contribution in [0.15, 0.2) is 60.3 Å². The zero-order valence-corrected chi connectivity index (χ0v) is 16.1. The minimum atomic E-state index is -0.804. The number of fused-ring (bicyclic) bond motifs is 1. The lowest BCUT2D eigenvalue weighted by atomic mass is 10.1. The Bertz CT molecular complexity index is 1240.